The van der Waals surface area contributed by atoms with Gasteiger partial charge >= 0.3 is 0 Å². The smallest absolute Gasteiger partial charge is 0.274 e. The van der Waals surface area contributed by atoms with Crippen LogP contribution in [0.2, 0.25) is 5.15 Å². The Labute approximate surface area is 123 Å². The van der Waals surface area contributed by atoms with E-state index in [4.69, 9.17) is 11.6 Å². The molecule has 2 aliphatic rings. The molecule has 1 aromatic heterocycles. The lowest BCUT2D eigenvalue weighted by Crippen LogP contribution is -2.41. The van der Waals surface area contributed by atoms with Crippen molar-refractivity contribution in [1.82, 2.24) is 19.8 Å². The molecule has 5 nitrogen and oxygen atoms in total. The maximum absolute atomic E-state index is 12.3. The fourth-order valence-corrected chi connectivity index (χ4v) is 3.19. The van der Waals surface area contributed by atoms with Gasteiger partial charge in [-0.2, -0.15) is 0 Å². The number of amides is 1. The van der Waals surface area contributed by atoms with Crippen LogP contribution in [0.25, 0.3) is 0 Å². The van der Waals surface area contributed by atoms with Crippen LogP contribution >= 0.6 is 11.6 Å². The highest BCUT2D eigenvalue weighted by molar-refractivity contribution is 6.29. The summed E-state index contributed by atoms with van der Waals surface area (Å²) < 4.78 is 0. The first kappa shape index (κ1) is 13.8. The Balaban J connectivity index is 1.61. The summed E-state index contributed by atoms with van der Waals surface area (Å²) in [7, 11) is 0. The minimum atomic E-state index is -0.0336. The summed E-state index contributed by atoms with van der Waals surface area (Å²) in [6, 6.07) is 0.513. The molecule has 0 aromatic carbocycles. The summed E-state index contributed by atoms with van der Waals surface area (Å²) in [5.74, 6) is -0.0336. The second-order valence-electron chi connectivity index (χ2n) is 5.51. The average Bonchev–Trinajstić information content (AvgIpc) is 2.98. The molecule has 2 aliphatic heterocycles. The van der Waals surface area contributed by atoms with Crippen LogP contribution < -0.4 is 0 Å². The van der Waals surface area contributed by atoms with Crippen molar-refractivity contribution in [2.45, 2.75) is 31.7 Å². The Morgan fingerprint density at radius 3 is 2.65 bits per heavy atom. The van der Waals surface area contributed by atoms with Gasteiger partial charge in [0, 0.05) is 19.1 Å². The fourth-order valence-electron chi connectivity index (χ4n) is 3.09. The van der Waals surface area contributed by atoms with Crippen molar-refractivity contribution in [1.29, 1.82) is 0 Å². The SMILES string of the molecule is O=C(c1cnc(Cl)cn1)N1CCC(N2CCCCC2)C1. The summed E-state index contributed by atoms with van der Waals surface area (Å²) >= 11 is 5.70. The van der Waals surface area contributed by atoms with E-state index in [0.29, 0.717) is 16.9 Å². The lowest BCUT2D eigenvalue weighted by atomic mass is 10.1. The van der Waals surface area contributed by atoms with Gasteiger partial charge < -0.3 is 4.90 Å². The minimum absolute atomic E-state index is 0.0336. The van der Waals surface area contributed by atoms with Crippen LogP contribution in [0.15, 0.2) is 12.4 Å². The van der Waals surface area contributed by atoms with Gasteiger partial charge in [0.25, 0.3) is 5.91 Å². The molecule has 0 N–H and O–H groups in total. The van der Waals surface area contributed by atoms with E-state index in [-0.39, 0.29) is 5.91 Å². The number of nitrogens with zero attached hydrogens (tertiary/aromatic N) is 4. The predicted molar refractivity (Wildman–Crippen MR) is 76.8 cm³/mol. The van der Waals surface area contributed by atoms with Crippen molar-refractivity contribution in [2.24, 2.45) is 0 Å². The van der Waals surface area contributed by atoms with Crippen LogP contribution in [0, 0.1) is 0 Å². The molecule has 0 saturated carbocycles. The summed E-state index contributed by atoms with van der Waals surface area (Å²) in [6.07, 6.45) is 7.85. The quantitative estimate of drug-likeness (QED) is 0.835. The zero-order chi connectivity index (χ0) is 13.9. The van der Waals surface area contributed by atoms with Gasteiger partial charge in [0.1, 0.15) is 10.8 Å². The number of aromatic nitrogens is 2. The van der Waals surface area contributed by atoms with Crippen molar-refractivity contribution in [3.63, 3.8) is 0 Å². The first-order valence-corrected chi connectivity index (χ1v) is 7.63. The number of carbonyl (C=O) groups excluding carboxylic acids is 1. The van der Waals surface area contributed by atoms with E-state index in [9.17, 15) is 4.79 Å². The molecule has 6 heteroatoms. The molecule has 20 heavy (non-hydrogen) atoms. The molecule has 2 fully saturated rings. The van der Waals surface area contributed by atoms with Crippen molar-refractivity contribution < 1.29 is 4.79 Å². The largest absolute Gasteiger partial charge is 0.336 e. The maximum Gasteiger partial charge on any atom is 0.274 e. The van der Waals surface area contributed by atoms with Gasteiger partial charge in [-0.15, -0.1) is 0 Å². The molecular weight excluding hydrogens is 276 g/mol. The second kappa shape index (κ2) is 6.06. The van der Waals surface area contributed by atoms with E-state index in [1.54, 1.807) is 0 Å². The predicted octanol–water partition coefficient (Wildman–Crippen LogP) is 1.83. The first-order chi connectivity index (χ1) is 9.74. The summed E-state index contributed by atoms with van der Waals surface area (Å²) in [4.78, 5) is 24.8. The zero-order valence-electron chi connectivity index (χ0n) is 11.5. The van der Waals surface area contributed by atoms with Gasteiger partial charge in [0.2, 0.25) is 0 Å². The van der Waals surface area contributed by atoms with E-state index < -0.39 is 0 Å². The van der Waals surface area contributed by atoms with E-state index in [1.165, 1.54) is 44.7 Å². The topological polar surface area (TPSA) is 49.3 Å². The average molecular weight is 295 g/mol. The van der Waals surface area contributed by atoms with E-state index in [0.717, 1.165) is 19.5 Å². The maximum atomic E-state index is 12.3. The van der Waals surface area contributed by atoms with Crippen LogP contribution in [0.5, 0.6) is 0 Å². The molecule has 1 amide bonds. The summed E-state index contributed by atoms with van der Waals surface area (Å²) in [6.45, 7) is 3.97. The molecule has 1 unspecified atom stereocenters. The Morgan fingerprint density at radius 1 is 1.15 bits per heavy atom. The first-order valence-electron chi connectivity index (χ1n) is 7.25. The van der Waals surface area contributed by atoms with Gasteiger partial charge in [-0.1, -0.05) is 18.0 Å². The summed E-state index contributed by atoms with van der Waals surface area (Å²) in [5, 5.41) is 0.314. The van der Waals surface area contributed by atoms with Gasteiger partial charge in [-0.05, 0) is 32.4 Å². The number of rotatable bonds is 2. The highest BCUT2D eigenvalue weighted by atomic mass is 35.5. The van der Waals surface area contributed by atoms with Gasteiger partial charge in [-0.25, -0.2) is 9.97 Å². The second-order valence-corrected chi connectivity index (χ2v) is 5.90. The van der Waals surface area contributed by atoms with Gasteiger partial charge in [-0.3, -0.25) is 9.69 Å². The molecule has 0 aliphatic carbocycles. The third-order valence-electron chi connectivity index (χ3n) is 4.20. The Morgan fingerprint density at radius 2 is 1.95 bits per heavy atom. The molecular formula is C14H19ClN4O. The molecule has 1 atom stereocenters. The van der Waals surface area contributed by atoms with Crippen LogP contribution in [0.1, 0.15) is 36.2 Å². The molecule has 0 radical (unpaired) electrons. The van der Waals surface area contributed by atoms with Crippen LogP contribution in [0.4, 0.5) is 0 Å². The summed E-state index contributed by atoms with van der Waals surface area (Å²) in [5.41, 5.74) is 0.383. The molecule has 3 rings (SSSR count). The van der Waals surface area contributed by atoms with Crippen molar-refractivity contribution >= 4 is 17.5 Å². The number of halogens is 1. The highest BCUT2D eigenvalue weighted by Crippen LogP contribution is 2.21. The van der Waals surface area contributed by atoms with E-state index in [1.807, 2.05) is 4.90 Å². The standard InChI is InChI=1S/C14H19ClN4O/c15-13-9-16-12(8-17-13)14(20)19-7-4-11(10-19)18-5-2-1-3-6-18/h8-9,11H,1-7,10H2. The number of likely N-dealkylation sites (tertiary alicyclic amines) is 2. The lowest BCUT2D eigenvalue weighted by Gasteiger charge is -2.32. The normalized spacial score (nSPS) is 24.1. The number of piperidine rings is 1. The highest BCUT2D eigenvalue weighted by Gasteiger charge is 2.31. The van der Waals surface area contributed by atoms with Crippen molar-refractivity contribution in [3.05, 3.63) is 23.2 Å². The monoisotopic (exact) mass is 294 g/mol. The number of hydrogen-bond donors (Lipinski definition) is 0. The Kier molecular flexibility index (Phi) is 4.17. The number of carbonyl (C=O) groups is 1. The number of hydrogen-bond acceptors (Lipinski definition) is 4. The molecule has 108 valence electrons. The van der Waals surface area contributed by atoms with Gasteiger partial charge in [0.15, 0.2) is 0 Å². The van der Waals surface area contributed by atoms with Crippen LogP contribution in [-0.2, 0) is 0 Å². The zero-order valence-corrected chi connectivity index (χ0v) is 12.2. The van der Waals surface area contributed by atoms with E-state index >= 15 is 0 Å². The van der Waals surface area contributed by atoms with Gasteiger partial charge in [0.05, 0.1) is 12.4 Å². The Bertz CT molecular complexity index is 473. The van der Waals surface area contributed by atoms with E-state index in [2.05, 4.69) is 14.9 Å². The molecule has 0 spiro atoms. The molecule has 0 bridgehead atoms. The minimum Gasteiger partial charge on any atom is -0.336 e. The molecule has 3 heterocycles. The third kappa shape index (κ3) is 2.94. The molecule has 1 aromatic rings. The van der Waals surface area contributed by atoms with Crippen molar-refractivity contribution in [2.75, 3.05) is 26.2 Å². The third-order valence-corrected chi connectivity index (χ3v) is 4.39. The van der Waals surface area contributed by atoms with Crippen molar-refractivity contribution in [3.8, 4) is 0 Å². The lowest BCUT2D eigenvalue weighted by molar-refractivity contribution is 0.0765. The van der Waals surface area contributed by atoms with Crippen LogP contribution in [0.3, 0.4) is 0 Å². The fraction of sp³-hybridized carbons (Fsp3) is 0.643. The Hall–Kier alpha value is -1.20. The van der Waals surface area contributed by atoms with Crippen LogP contribution in [-0.4, -0.2) is 57.9 Å². The molecule has 2 saturated heterocycles.